The van der Waals surface area contributed by atoms with Crippen molar-refractivity contribution in [3.8, 4) is 0 Å². The first-order valence-corrected chi connectivity index (χ1v) is 8.41. The second-order valence-corrected chi connectivity index (χ2v) is 6.62. The number of nitrogens with one attached hydrogen (secondary N) is 1. The molecule has 1 aromatic carbocycles. The summed E-state index contributed by atoms with van der Waals surface area (Å²) in [4.78, 5) is 34.4. The highest BCUT2D eigenvalue weighted by molar-refractivity contribution is 5.92. The number of fused-ring (bicyclic) bond motifs is 2. The third kappa shape index (κ3) is 3.62. The molecule has 0 aromatic heterocycles. The van der Waals surface area contributed by atoms with Gasteiger partial charge in [0.1, 0.15) is 12.1 Å². The fourth-order valence-electron chi connectivity index (χ4n) is 3.28. The minimum Gasteiger partial charge on any atom is -0.481 e. The third-order valence-corrected chi connectivity index (χ3v) is 4.65. The van der Waals surface area contributed by atoms with E-state index in [1.54, 1.807) is 0 Å². The molecule has 3 N–H and O–H groups in total. The molecule has 27 heavy (non-hydrogen) atoms. The molecule has 1 amide bonds. The monoisotopic (exact) mass is 369 g/mol. The Balaban J connectivity index is 1.80. The van der Waals surface area contributed by atoms with E-state index in [1.807, 2.05) is 36.4 Å². The number of amides is 1. The number of carbonyl (C=O) groups is 3. The Labute approximate surface area is 155 Å². The molecular weight excluding hydrogens is 350 g/mol. The predicted molar refractivity (Wildman–Crippen MR) is 97.1 cm³/mol. The van der Waals surface area contributed by atoms with Crippen molar-refractivity contribution in [2.24, 2.45) is 0 Å². The van der Waals surface area contributed by atoms with E-state index >= 15 is 0 Å². The maximum absolute atomic E-state index is 12.1. The summed E-state index contributed by atoms with van der Waals surface area (Å²) < 4.78 is 5.24. The minimum absolute atomic E-state index is 0.0468. The first-order valence-electron chi connectivity index (χ1n) is 8.41. The van der Waals surface area contributed by atoms with E-state index in [2.05, 4.69) is 11.4 Å². The van der Waals surface area contributed by atoms with Gasteiger partial charge in [0.05, 0.1) is 6.42 Å². The standard InChI is InChI=1S/C20H19NO6/c1-20(18(24)25,10-17(22)23)21-19(26)27-11-16-14-8-4-2-6-12(14)13-7-3-5-9-15(13)16/h2-6,8-9H,7,10-11H2,1H3,(H,21,26)(H,22,23)(H,24,25)/t20-/m0/s1. The van der Waals surface area contributed by atoms with E-state index in [0.29, 0.717) is 0 Å². The number of carboxylic acid groups (broad SMARTS) is 2. The highest BCUT2D eigenvalue weighted by Crippen LogP contribution is 2.29. The maximum atomic E-state index is 12.1. The molecule has 0 saturated heterocycles. The van der Waals surface area contributed by atoms with Crippen LogP contribution < -0.4 is 15.8 Å². The molecule has 0 aliphatic heterocycles. The molecule has 3 rings (SSSR count). The molecule has 0 saturated carbocycles. The van der Waals surface area contributed by atoms with Gasteiger partial charge in [0, 0.05) is 5.57 Å². The van der Waals surface area contributed by atoms with Crippen molar-refractivity contribution in [1.82, 2.24) is 5.32 Å². The van der Waals surface area contributed by atoms with E-state index < -0.39 is 30.0 Å². The summed E-state index contributed by atoms with van der Waals surface area (Å²) in [5, 5.41) is 22.3. The number of carbonyl (C=O) groups excluding carboxylic acids is 1. The lowest BCUT2D eigenvalue weighted by atomic mass is 9.96. The van der Waals surface area contributed by atoms with Crippen LogP contribution in [-0.4, -0.2) is 40.4 Å². The molecule has 140 valence electrons. The molecule has 7 nitrogen and oxygen atoms in total. The number of ether oxygens (including phenoxy) is 1. The van der Waals surface area contributed by atoms with E-state index in [4.69, 9.17) is 9.84 Å². The lowest BCUT2D eigenvalue weighted by Gasteiger charge is -2.24. The summed E-state index contributed by atoms with van der Waals surface area (Å²) in [6.07, 6.45) is 5.00. The Kier molecular flexibility index (Phi) is 4.85. The van der Waals surface area contributed by atoms with Crippen molar-refractivity contribution >= 4 is 29.2 Å². The zero-order valence-corrected chi connectivity index (χ0v) is 14.7. The average Bonchev–Trinajstić information content (AvgIpc) is 2.93. The second-order valence-electron chi connectivity index (χ2n) is 6.62. The first kappa shape index (κ1) is 18.4. The van der Waals surface area contributed by atoms with Gasteiger partial charge in [-0.3, -0.25) is 4.79 Å². The van der Waals surface area contributed by atoms with Crippen LogP contribution in [0.4, 0.5) is 4.79 Å². The number of aliphatic carboxylic acids is 2. The average molecular weight is 369 g/mol. The molecule has 0 spiro atoms. The molecule has 0 unspecified atom stereocenters. The van der Waals surface area contributed by atoms with Crippen LogP contribution in [0, 0.1) is 0 Å². The van der Waals surface area contributed by atoms with Gasteiger partial charge in [0.2, 0.25) is 0 Å². The number of hydrogen-bond acceptors (Lipinski definition) is 4. The van der Waals surface area contributed by atoms with Gasteiger partial charge in [-0.1, -0.05) is 42.5 Å². The predicted octanol–water partition coefficient (Wildman–Crippen LogP) is 0.932. The molecule has 2 aliphatic rings. The zero-order chi connectivity index (χ0) is 19.6. The number of alkyl carbamates (subject to hydrolysis) is 1. The summed E-state index contributed by atoms with van der Waals surface area (Å²) >= 11 is 0. The van der Waals surface area contributed by atoms with E-state index in [-0.39, 0.29) is 6.61 Å². The molecule has 0 fully saturated rings. The Morgan fingerprint density at radius 1 is 1.19 bits per heavy atom. The molecule has 2 aliphatic carbocycles. The van der Waals surface area contributed by atoms with Crippen molar-refractivity contribution in [3.63, 3.8) is 0 Å². The third-order valence-electron chi connectivity index (χ3n) is 4.65. The van der Waals surface area contributed by atoms with Crippen LogP contribution in [0.1, 0.15) is 19.8 Å². The fourth-order valence-corrected chi connectivity index (χ4v) is 3.28. The van der Waals surface area contributed by atoms with Crippen LogP contribution in [0.15, 0.2) is 48.1 Å². The molecule has 7 heteroatoms. The van der Waals surface area contributed by atoms with Crippen LogP contribution in [0.3, 0.4) is 0 Å². The van der Waals surface area contributed by atoms with Gasteiger partial charge in [-0.2, -0.15) is 0 Å². The van der Waals surface area contributed by atoms with Gasteiger partial charge in [-0.05, 0) is 34.9 Å². The zero-order valence-electron chi connectivity index (χ0n) is 14.7. The van der Waals surface area contributed by atoms with Gasteiger partial charge < -0.3 is 20.3 Å². The molecule has 1 atom stereocenters. The summed E-state index contributed by atoms with van der Waals surface area (Å²) in [5.74, 6) is -2.78. The maximum Gasteiger partial charge on any atom is 0.408 e. The number of carboxylic acids is 2. The van der Waals surface area contributed by atoms with Gasteiger partial charge >= 0.3 is 18.0 Å². The van der Waals surface area contributed by atoms with Crippen LogP contribution in [0.2, 0.25) is 0 Å². The van der Waals surface area contributed by atoms with Crippen molar-refractivity contribution in [2.45, 2.75) is 25.3 Å². The second kappa shape index (κ2) is 7.11. The van der Waals surface area contributed by atoms with Gasteiger partial charge in [0.25, 0.3) is 0 Å². The Bertz CT molecular complexity index is 1000. The van der Waals surface area contributed by atoms with Crippen molar-refractivity contribution in [1.29, 1.82) is 0 Å². The van der Waals surface area contributed by atoms with E-state index in [1.165, 1.54) is 0 Å². The lowest BCUT2D eigenvalue weighted by Crippen LogP contribution is -2.53. The Hall–Kier alpha value is -3.35. The minimum atomic E-state index is -1.95. The smallest absolute Gasteiger partial charge is 0.408 e. The van der Waals surface area contributed by atoms with E-state index in [0.717, 1.165) is 40.5 Å². The molecular formula is C20H19NO6. The number of rotatable bonds is 6. The largest absolute Gasteiger partial charge is 0.481 e. The summed E-state index contributed by atoms with van der Waals surface area (Å²) in [5.41, 5.74) is 1.05. The number of benzene rings is 1. The number of allylic oxidation sites excluding steroid dienone is 3. The summed E-state index contributed by atoms with van der Waals surface area (Å²) in [7, 11) is 0. The van der Waals surface area contributed by atoms with Gasteiger partial charge in [0.15, 0.2) is 0 Å². The normalized spacial score (nSPS) is 16.7. The van der Waals surface area contributed by atoms with Crippen molar-refractivity contribution in [3.05, 3.63) is 58.5 Å². The highest BCUT2D eigenvalue weighted by atomic mass is 16.5. The number of hydrogen-bond donors (Lipinski definition) is 3. The topological polar surface area (TPSA) is 113 Å². The van der Waals surface area contributed by atoms with Gasteiger partial charge in [-0.15, -0.1) is 0 Å². The molecule has 0 radical (unpaired) electrons. The van der Waals surface area contributed by atoms with Crippen LogP contribution in [-0.2, 0) is 14.3 Å². The van der Waals surface area contributed by atoms with Crippen LogP contribution >= 0.6 is 0 Å². The first-order chi connectivity index (χ1) is 12.8. The van der Waals surface area contributed by atoms with Crippen LogP contribution in [0.25, 0.3) is 11.1 Å². The molecule has 0 heterocycles. The summed E-state index contributed by atoms with van der Waals surface area (Å²) in [6.45, 7) is 1.08. The van der Waals surface area contributed by atoms with Crippen LogP contribution in [0.5, 0.6) is 0 Å². The van der Waals surface area contributed by atoms with E-state index in [9.17, 15) is 19.5 Å². The molecule has 1 aromatic rings. The van der Waals surface area contributed by atoms with Crippen molar-refractivity contribution in [2.75, 3.05) is 6.61 Å². The SMILES string of the molecule is C[C@@](CC(=O)O)(NC(=O)OCC1=c2ccccc2=C2CC=CC=C21)C(=O)O. The quantitative estimate of drug-likeness (QED) is 0.688. The lowest BCUT2D eigenvalue weighted by molar-refractivity contribution is -0.150. The highest BCUT2D eigenvalue weighted by Gasteiger charge is 2.38. The van der Waals surface area contributed by atoms with Crippen molar-refractivity contribution < 1.29 is 29.3 Å². The van der Waals surface area contributed by atoms with Gasteiger partial charge in [-0.25, -0.2) is 9.59 Å². The Morgan fingerprint density at radius 3 is 2.56 bits per heavy atom. The Morgan fingerprint density at radius 2 is 1.89 bits per heavy atom. The summed E-state index contributed by atoms with van der Waals surface area (Å²) in [6, 6.07) is 7.81. The molecule has 0 bridgehead atoms. The fraction of sp³-hybridized carbons (Fsp3) is 0.250.